The van der Waals surface area contributed by atoms with Crippen molar-refractivity contribution in [3.05, 3.63) is 11.6 Å². The molecule has 0 aliphatic heterocycles. The number of carbonyl (C=O) groups excluding carboxylic acids is 2. The van der Waals surface area contributed by atoms with Crippen LogP contribution in [0.1, 0.15) is 41.5 Å². The molecule has 0 saturated carbocycles. The molecule has 6 heteroatoms. The lowest BCUT2D eigenvalue weighted by Crippen LogP contribution is -2.46. The molecule has 0 aliphatic carbocycles. The number of primary amides is 1. The monoisotopic (exact) mass is 345 g/mol. The molecule has 128 valence electrons. The van der Waals surface area contributed by atoms with Crippen molar-refractivity contribution >= 4 is 31.1 Å². The molecule has 0 spiro atoms. The number of amides is 1. The second kappa shape index (κ2) is 8.31. The SMILES string of the molecule is CCSC(=O)/C(C)=C/[C@H](C(N)=O)[C@@H](C)O[Si](C)(C)C(C)(C)C. The molecule has 0 saturated heterocycles. The van der Waals surface area contributed by atoms with Gasteiger partial charge in [-0.2, -0.15) is 0 Å². The highest BCUT2D eigenvalue weighted by molar-refractivity contribution is 8.14. The molecule has 2 N–H and O–H groups in total. The van der Waals surface area contributed by atoms with Crippen molar-refractivity contribution in [1.82, 2.24) is 0 Å². The Balaban J connectivity index is 5.24. The van der Waals surface area contributed by atoms with Gasteiger partial charge in [0.2, 0.25) is 11.0 Å². The molecule has 4 nitrogen and oxygen atoms in total. The van der Waals surface area contributed by atoms with Crippen LogP contribution in [0, 0.1) is 5.92 Å². The maximum atomic E-state index is 11.9. The molecule has 0 rings (SSSR count). The van der Waals surface area contributed by atoms with Gasteiger partial charge in [-0.1, -0.05) is 45.5 Å². The van der Waals surface area contributed by atoms with Crippen molar-refractivity contribution in [1.29, 1.82) is 0 Å². The predicted octanol–water partition coefficient (Wildman–Crippen LogP) is 3.72. The molecule has 0 bridgehead atoms. The summed E-state index contributed by atoms with van der Waals surface area (Å²) in [4.78, 5) is 23.7. The molecular weight excluding hydrogens is 314 g/mol. The van der Waals surface area contributed by atoms with Crippen LogP contribution in [-0.2, 0) is 14.0 Å². The number of nitrogens with two attached hydrogens (primary N) is 1. The van der Waals surface area contributed by atoms with Gasteiger partial charge in [-0.25, -0.2) is 0 Å². The Labute approximate surface area is 140 Å². The second-order valence-corrected chi connectivity index (χ2v) is 13.1. The molecule has 0 fully saturated rings. The summed E-state index contributed by atoms with van der Waals surface area (Å²) in [5.41, 5.74) is 6.08. The van der Waals surface area contributed by atoms with E-state index in [1.54, 1.807) is 13.0 Å². The normalized spacial score (nSPS) is 16.3. The molecule has 0 aliphatic rings. The maximum absolute atomic E-state index is 11.9. The molecule has 0 heterocycles. The molecule has 0 radical (unpaired) electrons. The first-order chi connectivity index (χ1) is 9.83. The Bertz CT molecular complexity index is 441. The van der Waals surface area contributed by atoms with Gasteiger partial charge >= 0.3 is 0 Å². The lowest BCUT2D eigenvalue weighted by Gasteiger charge is -2.39. The molecule has 0 aromatic rings. The lowest BCUT2D eigenvalue weighted by atomic mass is 10.0. The van der Waals surface area contributed by atoms with Gasteiger partial charge in [-0.3, -0.25) is 9.59 Å². The third kappa shape index (κ3) is 6.26. The summed E-state index contributed by atoms with van der Waals surface area (Å²) in [6.45, 7) is 16.2. The first-order valence-corrected chi connectivity index (χ1v) is 11.6. The van der Waals surface area contributed by atoms with E-state index in [2.05, 4.69) is 33.9 Å². The van der Waals surface area contributed by atoms with Crippen LogP contribution >= 0.6 is 11.8 Å². The van der Waals surface area contributed by atoms with Crippen LogP contribution in [0.5, 0.6) is 0 Å². The molecule has 0 unspecified atom stereocenters. The number of hydrogen-bond acceptors (Lipinski definition) is 4. The zero-order valence-corrected chi connectivity index (χ0v) is 17.0. The summed E-state index contributed by atoms with van der Waals surface area (Å²) in [6, 6.07) is 0. The average molecular weight is 346 g/mol. The van der Waals surface area contributed by atoms with Gasteiger partial charge < -0.3 is 10.2 Å². The number of thioether (sulfide) groups is 1. The van der Waals surface area contributed by atoms with Crippen LogP contribution in [0.4, 0.5) is 0 Å². The van der Waals surface area contributed by atoms with Crippen LogP contribution in [0.15, 0.2) is 11.6 Å². The number of hydrogen-bond donors (Lipinski definition) is 1. The van der Waals surface area contributed by atoms with E-state index in [-0.39, 0.29) is 16.3 Å². The van der Waals surface area contributed by atoms with Crippen molar-refractivity contribution in [3.8, 4) is 0 Å². The highest BCUT2D eigenvalue weighted by Crippen LogP contribution is 2.38. The van der Waals surface area contributed by atoms with Gasteiger partial charge in [0.05, 0.1) is 12.0 Å². The van der Waals surface area contributed by atoms with E-state index in [0.717, 1.165) is 0 Å². The van der Waals surface area contributed by atoms with Crippen molar-refractivity contribution in [3.63, 3.8) is 0 Å². The number of carbonyl (C=O) groups is 2. The van der Waals surface area contributed by atoms with Gasteiger partial charge in [0.15, 0.2) is 8.32 Å². The van der Waals surface area contributed by atoms with Gasteiger partial charge in [0.25, 0.3) is 0 Å². The van der Waals surface area contributed by atoms with Crippen molar-refractivity contribution in [2.75, 3.05) is 5.75 Å². The van der Waals surface area contributed by atoms with E-state index in [1.165, 1.54) is 11.8 Å². The minimum atomic E-state index is -2.00. The molecule has 0 aromatic heterocycles. The average Bonchev–Trinajstić information content (AvgIpc) is 2.33. The zero-order chi connectivity index (χ0) is 17.7. The smallest absolute Gasteiger partial charge is 0.226 e. The summed E-state index contributed by atoms with van der Waals surface area (Å²) < 4.78 is 6.24. The van der Waals surface area contributed by atoms with Crippen molar-refractivity contribution < 1.29 is 14.0 Å². The van der Waals surface area contributed by atoms with Crippen LogP contribution in [-0.4, -0.2) is 31.2 Å². The van der Waals surface area contributed by atoms with Crippen LogP contribution in [0.2, 0.25) is 18.1 Å². The van der Waals surface area contributed by atoms with E-state index < -0.39 is 20.1 Å². The quantitative estimate of drug-likeness (QED) is 0.564. The predicted molar refractivity (Wildman–Crippen MR) is 97.3 cm³/mol. The van der Waals surface area contributed by atoms with Gasteiger partial charge in [0.1, 0.15) is 0 Å². The summed E-state index contributed by atoms with van der Waals surface area (Å²) in [5.74, 6) is -0.336. The van der Waals surface area contributed by atoms with E-state index >= 15 is 0 Å². The van der Waals surface area contributed by atoms with Crippen molar-refractivity contribution in [2.24, 2.45) is 11.7 Å². The summed E-state index contributed by atoms with van der Waals surface area (Å²) in [6.07, 6.45) is 1.32. The van der Waals surface area contributed by atoms with E-state index in [1.807, 2.05) is 13.8 Å². The van der Waals surface area contributed by atoms with Gasteiger partial charge in [-0.15, -0.1) is 0 Å². The molecule has 0 aromatic carbocycles. The summed E-state index contributed by atoms with van der Waals surface area (Å²) in [5, 5.41) is 0.0316. The third-order valence-corrected chi connectivity index (χ3v) is 9.59. The van der Waals surface area contributed by atoms with E-state index in [9.17, 15) is 9.59 Å². The summed E-state index contributed by atoms with van der Waals surface area (Å²) >= 11 is 1.23. The fourth-order valence-corrected chi connectivity index (χ4v) is 3.73. The third-order valence-electron chi connectivity index (χ3n) is 4.15. The molecule has 22 heavy (non-hydrogen) atoms. The van der Waals surface area contributed by atoms with Crippen LogP contribution < -0.4 is 5.73 Å². The second-order valence-electron chi connectivity index (χ2n) is 7.08. The minimum Gasteiger partial charge on any atom is -0.413 e. The fourth-order valence-electron chi connectivity index (χ4n) is 1.75. The first kappa shape index (κ1) is 21.4. The largest absolute Gasteiger partial charge is 0.413 e. The molecular formula is C16H31NO3SSi. The number of rotatable bonds is 7. The topological polar surface area (TPSA) is 69.4 Å². The van der Waals surface area contributed by atoms with E-state index in [4.69, 9.17) is 10.2 Å². The fraction of sp³-hybridized carbons (Fsp3) is 0.750. The Hall–Kier alpha value is -0.593. The first-order valence-electron chi connectivity index (χ1n) is 7.66. The highest BCUT2D eigenvalue weighted by Gasteiger charge is 2.40. The molecule has 1 amide bonds. The molecule has 2 atom stereocenters. The summed E-state index contributed by atoms with van der Waals surface area (Å²) in [7, 11) is -2.00. The Morgan fingerprint density at radius 2 is 1.82 bits per heavy atom. The van der Waals surface area contributed by atoms with Crippen LogP contribution in [0.3, 0.4) is 0 Å². The Morgan fingerprint density at radius 1 is 1.32 bits per heavy atom. The Kier molecular flexibility index (Phi) is 8.09. The van der Waals surface area contributed by atoms with Gasteiger partial charge in [-0.05, 0) is 37.7 Å². The zero-order valence-electron chi connectivity index (χ0n) is 15.1. The van der Waals surface area contributed by atoms with E-state index in [0.29, 0.717) is 11.3 Å². The van der Waals surface area contributed by atoms with Crippen molar-refractivity contribution in [2.45, 2.75) is 65.8 Å². The lowest BCUT2D eigenvalue weighted by molar-refractivity contribution is -0.122. The van der Waals surface area contributed by atoms with Crippen LogP contribution in [0.25, 0.3) is 0 Å². The Morgan fingerprint density at radius 3 is 2.18 bits per heavy atom. The minimum absolute atomic E-state index is 0.0201. The standard InChI is InChI=1S/C16H31NO3SSi/c1-9-21-15(19)11(2)10-13(14(17)18)12(3)20-22(7,8)16(4,5)6/h10,12-13H,9H2,1-8H3,(H2,17,18)/b11-10+/t12-,13+/m1/s1. The van der Waals surface area contributed by atoms with Gasteiger partial charge in [0, 0.05) is 5.57 Å². The highest BCUT2D eigenvalue weighted by atomic mass is 32.2. The maximum Gasteiger partial charge on any atom is 0.226 e.